The molecule has 1 aliphatic rings. The van der Waals surface area contributed by atoms with Gasteiger partial charge < -0.3 is 24.5 Å². The number of hydrogen-bond donors (Lipinski definition) is 2. The van der Waals surface area contributed by atoms with E-state index in [4.69, 9.17) is 9.26 Å². The largest absolute Gasteiger partial charge is 0.484 e. The van der Waals surface area contributed by atoms with Crippen LogP contribution in [0.5, 0.6) is 5.75 Å². The lowest BCUT2D eigenvalue weighted by Gasteiger charge is -2.33. The second-order valence-corrected chi connectivity index (χ2v) is 6.31. The number of nitrogens with zero attached hydrogens (tertiary/aromatic N) is 3. The molecule has 1 aliphatic heterocycles. The Balaban J connectivity index is 1.49. The number of carbonyl (C=O) groups is 1. The molecule has 1 fully saturated rings. The second-order valence-electron chi connectivity index (χ2n) is 6.31. The first-order valence-electron chi connectivity index (χ1n) is 8.91. The van der Waals surface area contributed by atoms with Crippen LogP contribution in [0.3, 0.4) is 0 Å². The molecule has 0 bridgehead atoms. The maximum absolute atomic E-state index is 12.7. The second kappa shape index (κ2) is 8.05. The lowest BCUT2D eigenvalue weighted by molar-refractivity contribution is -0.137. The van der Waals surface area contributed by atoms with Gasteiger partial charge in [-0.1, -0.05) is 23.4 Å². The monoisotopic (exact) mass is 381 g/mol. The Morgan fingerprint density at radius 2 is 2.14 bits per heavy atom. The van der Waals surface area contributed by atoms with Gasteiger partial charge in [-0.3, -0.25) is 9.59 Å². The van der Waals surface area contributed by atoms with E-state index in [9.17, 15) is 9.59 Å². The Morgan fingerprint density at radius 3 is 2.96 bits per heavy atom. The molecule has 9 nitrogen and oxygen atoms in total. The van der Waals surface area contributed by atoms with Crippen LogP contribution in [0.4, 0.5) is 0 Å². The fourth-order valence-electron chi connectivity index (χ4n) is 3.04. The first-order chi connectivity index (χ1) is 13.7. The van der Waals surface area contributed by atoms with Gasteiger partial charge in [0.1, 0.15) is 11.8 Å². The standard InChI is InChI=1S/C19H19N5O4/c25-16-10-13(6-7-21-16)18-22-19(28-23-18)15-11-20-8-9-24(15)17(26)12-27-14-4-2-1-3-5-14/h1-7,10,15,20H,8-9,11-12H2,(H,21,25). The first-order valence-corrected chi connectivity index (χ1v) is 8.91. The zero-order valence-corrected chi connectivity index (χ0v) is 15.0. The quantitative estimate of drug-likeness (QED) is 0.677. The minimum absolute atomic E-state index is 0.0738. The first kappa shape index (κ1) is 17.9. The lowest BCUT2D eigenvalue weighted by atomic mass is 10.2. The van der Waals surface area contributed by atoms with Crippen molar-refractivity contribution >= 4 is 5.91 Å². The third-order valence-electron chi connectivity index (χ3n) is 4.43. The SMILES string of the molecule is O=C(COc1ccccc1)N1CCNCC1c1nc(-c2cc[nH]c(=O)c2)no1. The van der Waals surface area contributed by atoms with Crippen molar-refractivity contribution in [3.05, 3.63) is 64.9 Å². The molecule has 2 N–H and O–H groups in total. The van der Waals surface area contributed by atoms with Crippen molar-refractivity contribution in [1.29, 1.82) is 0 Å². The summed E-state index contributed by atoms with van der Waals surface area (Å²) in [4.78, 5) is 32.8. The molecule has 144 valence electrons. The number of rotatable bonds is 5. The van der Waals surface area contributed by atoms with Crippen LogP contribution in [0.1, 0.15) is 11.9 Å². The molecule has 1 unspecified atom stereocenters. The molecule has 1 aromatic carbocycles. The Hall–Kier alpha value is -3.46. The number of para-hydroxylation sites is 1. The summed E-state index contributed by atoms with van der Waals surface area (Å²) in [5, 5.41) is 7.19. The van der Waals surface area contributed by atoms with Gasteiger partial charge in [0.05, 0.1) is 0 Å². The summed E-state index contributed by atoms with van der Waals surface area (Å²) in [6.45, 7) is 1.59. The van der Waals surface area contributed by atoms with Crippen LogP contribution in [-0.2, 0) is 4.79 Å². The molecule has 28 heavy (non-hydrogen) atoms. The molecular formula is C19H19N5O4. The molecule has 1 amide bonds. The fourth-order valence-corrected chi connectivity index (χ4v) is 3.04. The maximum atomic E-state index is 12.7. The third-order valence-corrected chi connectivity index (χ3v) is 4.43. The number of hydrogen-bond acceptors (Lipinski definition) is 7. The van der Waals surface area contributed by atoms with Gasteiger partial charge in [0.2, 0.25) is 11.4 Å². The van der Waals surface area contributed by atoms with Crippen LogP contribution < -0.4 is 15.6 Å². The van der Waals surface area contributed by atoms with Crippen LogP contribution in [0.15, 0.2) is 58.0 Å². The number of H-pyrrole nitrogens is 1. The molecule has 3 heterocycles. The van der Waals surface area contributed by atoms with E-state index in [0.29, 0.717) is 42.7 Å². The Labute approximate surface area is 160 Å². The summed E-state index contributed by atoms with van der Waals surface area (Å²) >= 11 is 0. The minimum atomic E-state index is -0.399. The fraction of sp³-hybridized carbons (Fsp3) is 0.263. The van der Waals surface area contributed by atoms with Gasteiger partial charge in [-0.05, 0) is 18.2 Å². The summed E-state index contributed by atoms with van der Waals surface area (Å²) in [5.74, 6) is 1.10. The average molecular weight is 381 g/mol. The summed E-state index contributed by atoms with van der Waals surface area (Å²) in [6.07, 6.45) is 1.52. The highest BCUT2D eigenvalue weighted by Gasteiger charge is 2.32. The van der Waals surface area contributed by atoms with Crippen molar-refractivity contribution in [3.8, 4) is 17.1 Å². The van der Waals surface area contributed by atoms with Crippen LogP contribution in [0.25, 0.3) is 11.4 Å². The van der Waals surface area contributed by atoms with Crippen molar-refractivity contribution in [1.82, 2.24) is 25.3 Å². The Bertz CT molecular complexity index is 1000. The lowest BCUT2D eigenvalue weighted by Crippen LogP contribution is -2.50. The number of benzene rings is 1. The maximum Gasteiger partial charge on any atom is 0.261 e. The Morgan fingerprint density at radius 1 is 1.29 bits per heavy atom. The van der Waals surface area contributed by atoms with E-state index in [-0.39, 0.29) is 18.1 Å². The van der Waals surface area contributed by atoms with Gasteiger partial charge in [0.15, 0.2) is 6.61 Å². The minimum Gasteiger partial charge on any atom is -0.484 e. The van der Waals surface area contributed by atoms with Gasteiger partial charge in [-0.15, -0.1) is 0 Å². The summed E-state index contributed by atoms with van der Waals surface area (Å²) in [7, 11) is 0. The molecule has 4 rings (SSSR count). The number of amides is 1. The zero-order chi connectivity index (χ0) is 19.3. The van der Waals surface area contributed by atoms with E-state index in [0.717, 1.165) is 0 Å². The smallest absolute Gasteiger partial charge is 0.261 e. The van der Waals surface area contributed by atoms with Gasteiger partial charge >= 0.3 is 0 Å². The summed E-state index contributed by atoms with van der Waals surface area (Å²) in [5.41, 5.74) is 0.297. The molecule has 0 saturated carbocycles. The van der Waals surface area contributed by atoms with Crippen LogP contribution in [0, 0.1) is 0 Å². The highest BCUT2D eigenvalue weighted by molar-refractivity contribution is 5.78. The molecule has 2 aromatic heterocycles. The van der Waals surface area contributed by atoms with E-state index in [1.165, 1.54) is 12.3 Å². The van der Waals surface area contributed by atoms with Gasteiger partial charge in [0, 0.05) is 37.5 Å². The molecule has 0 aliphatic carbocycles. The van der Waals surface area contributed by atoms with E-state index < -0.39 is 6.04 Å². The number of ether oxygens (including phenoxy) is 1. The zero-order valence-electron chi connectivity index (χ0n) is 15.0. The number of aromatic nitrogens is 3. The normalized spacial score (nSPS) is 16.7. The van der Waals surface area contributed by atoms with E-state index in [2.05, 4.69) is 20.4 Å². The highest BCUT2D eigenvalue weighted by Crippen LogP contribution is 2.23. The predicted molar refractivity (Wildman–Crippen MR) is 99.6 cm³/mol. The van der Waals surface area contributed by atoms with Crippen LogP contribution in [-0.4, -0.2) is 52.2 Å². The molecule has 1 saturated heterocycles. The Kier molecular flexibility index (Phi) is 5.16. The molecule has 3 aromatic rings. The van der Waals surface area contributed by atoms with Crippen LogP contribution in [0.2, 0.25) is 0 Å². The highest BCUT2D eigenvalue weighted by atomic mass is 16.5. The van der Waals surface area contributed by atoms with Crippen molar-refractivity contribution in [3.63, 3.8) is 0 Å². The topological polar surface area (TPSA) is 113 Å². The molecule has 9 heteroatoms. The molecular weight excluding hydrogens is 362 g/mol. The van der Waals surface area contributed by atoms with Gasteiger partial charge in [-0.25, -0.2) is 0 Å². The van der Waals surface area contributed by atoms with E-state index in [1.54, 1.807) is 23.1 Å². The molecule has 0 radical (unpaired) electrons. The van der Waals surface area contributed by atoms with Crippen molar-refractivity contribution < 1.29 is 14.1 Å². The number of pyridine rings is 1. The van der Waals surface area contributed by atoms with Gasteiger partial charge in [0.25, 0.3) is 11.8 Å². The number of aromatic amines is 1. The number of piperazine rings is 1. The summed E-state index contributed by atoms with van der Waals surface area (Å²) in [6, 6.07) is 11.9. The number of nitrogens with one attached hydrogen (secondary N) is 2. The predicted octanol–water partition coefficient (Wildman–Crippen LogP) is 0.977. The molecule has 1 atom stereocenters. The summed E-state index contributed by atoms with van der Waals surface area (Å²) < 4.78 is 11.0. The molecule has 0 spiro atoms. The van der Waals surface area contributed by atoms with Crippen LogP contribution >= 0.6 is 0 Å². The average Bonchev–Trinajstić information content (AvgIpc) is 3.23. The van der Waals surface area contributed by atoms with Gasteiger partial charge in [-0.2, -0.15) is 4.98 Å². The van der Waals surface area contributed by atoms with E-state index >= 15 is 0 Å². The van der Waals surface area contributed by atoms with Crippen molar-refractivity contribution in [2.45, 2.75) is 6.04 Å². The van der Waals surface area contributed by atoms with E-state index in [1.807, 2.05) is 18.2 Å². The third kappa shape index (κ3) is 3.94. The number of carbonyl (C=O) groups excluding carboxylic acids is 1. The van der Waals surface area contributed by atoms with Crippen molar-refractivity contribution in [2.24, 2.45) is 0 Å². The van der Waals surface area contributed by atoms with Crippen molar-refractivity contribution in [2.75, 3.05) is 26.2 Å².